The lowest BCUT2D eigenvalue weighted by Gasteiger charge is -2.67. The summed E-state index contributed by atoms with van der Waals surface area (Å²) in [5.74, 6) is -9.55. The Labute approximate surface area is 140 Å². The third kappa shape index (κ3) is 2.22. The predicted octanol–water partition coefficient (Wildman–Crippen LogP) is 0.166. The molecule has 5 fully saturated rings. The Balaban J connectivity index is 1.55. The summed E-state index contributed by atoms with van der Waals surface area (Å²) in [7, 11) is 0. The Bertz CT molecular complexity index is 650. The number of nitrogens with zero attached hydrogens (tertiary/aromatic N) is 1. The van der Waals surface area contributed by atoms with Gasteiger partial charge in [0.25, 0.3) is 11.8 Å². The van der Waals surface area contributed by atoms with E-state index in [2.05, 4.69) is 5.32 Å². The molecule has 5 rings (SSSR count). The number of amides is 2. The molecule has 140 valence electrons. The number of likely N-dealkylation sites (tertiary alicyclic amines) is 1. The highest BCUT2D eigenvalue weighted by Crippen LogP contribution is 2.60. The van der Waals surface area contributed by atoms with Crippen LogP contribution in [0.3, 0.4) is 0 Å². The fourth-order valence-corrected chi connectivity index (χ4v) is 5.04. The predicted molar refractivity (Wildman–Crippen MR) is 73.9 cm³/mol. The van der Waals surface area contributed by atoms with Crippen molar-refractivity contribution in [1.29, 1.82) is 0 Å². The number of carbonyl (C=O) groups is 2. The molecule has 2 amide bonds. The molecule has 4 aliphatic carbocycles. The molecule has 6 nitrogen and oxygen atoms in total. The summed E-state index contributed by atoms with van der Waals surface area (Å²) < 4.78 is 55.3. The summed E-state index contributed by atoms with van der Waals surface area (Å²) in [4.78, 5) is 25.0. The van der Waals surface area contributed by atoms with Crippen LogP contribution in [0.1, 0.15) is 38.5 Å². The summed E-state index contributed by atoms with van der Waals surface area (Å²) in [5, 5.41) is 22.0. The monoisotopic (exact) mass is 366 g/mol. The molecule has 0 aromatic heterocycles. The molecule has 0 unspecified atom stereocenters. The van der Waals surface area contributed by atoms with Gasteiger partial charge >= 0.3 is 11.8 Å². The van der Waals surface area contributed by atoms with Gasteiger partial charge in [0, 0.05) is 18.4 Å². The van der Waals surface area contributed by atoms with Crippen LogP contribution in [-0.4, -0.2) is 68.1 Å². The first-order valence-corrected chi connectivity index (χ1v) is 8.13. The summed E-state index contributed by atoms with van der Waals surface area (Å²) in [6.07, 6.45) is -3.94. The number of hydrogen-bond acceptors (Lipinski definition) is 4. The molecule has 2 bridgehead atoms. The third-order valence-corrected chi connectivity index (χ3v) is 6.12. The van der Waals surface area contributed by atoms with E-state index in [0.29, 0.717) is 4.90 Å². The lowest BCUT2D eigenvalue weighted by atomic mass is 9.46. The zero-order chi connectivity index (χ0) is 18.5. The second-order valence-corrected chi connectivity index (χ2v) is 8.18. The minimum atomic E-state index is -3.76. The Morgan fingerprint density at radius 1 is 1.04 bits per heavy atom. The minimum Gasteiger partial charge on any atom is -0.390 e. The number of halogens is 4. The van der Waals surface area contributed by atoms with Crippen molar-refractivity contribution >= 4 is 11.8 Å². The Morgan fingerprint density at radius 3 is 2.12 bits per heavy atom. The molecule has 1 saturated heterocycles. The summed E-state index contributed by atoms with van der Waals surface area (Å²) in [5.41, 5.74) is -3.68. The van der Waals surface area contributed by atoms with Crippen molar-refractivity contribution in [1.82, 2.24) is 10.2 Å². The van der Waals surface area contributed by atoms with Crippen molar-refractivity contribution in [2.75, 3.05) is 6.54 Å². The van der Waals surface area contributed by atoms with Crippen LogP contribution in [0, 0.1) is 0 Å². The number of aliphatic hydroxyl groups excluding tert-OH is 1. The van der Waals surface area contributed by atoms with E-state index in [4.69, 9.17) is 0 Å². The second kappa shape index (κ2) is 4.46. The molecule has 4 saturated carbocycles. The van der Waals surface area contributed by atoms with Gasteiger partial charge in [-0.1, -0.05) is 0 Å². The van der Waals surface area contributed by atoms with Crippen molar-refractivity contribution in [3.05, 3.63) is 0 Å². The van der Waals surface area contributed by atoms with Crippen LogP contribution in [0.25, 0.3) is 0 Å². The van der Waals surface area contributed by atoms with Crippen LogP contribution < -0.4 is 5.32 Å². The van der Waals surface area contributed by atoms with Gasteiger partial charge in [-0.05, 0) is 25.7 Å². The standard InChI is InChI=1S/C15H18F4N2O4/c16-14(17)2-1-13(6-14)10(24)15(18,19)7-21(13)9(23)8(22)20-11-3-12(25,4-11)5-11/h10,24-25H,1-7H2,(H,20,22)/t10-,11?,12?,13+/m0/s1. The van der Waals surface area contributed by atoms with E-state index in [1.165, 1.54) is 0 Å². The number of aliphatic hydroxyl groups is 2. The molecule has 25 heavy (non-hydrogen) atoms. The maximum Gasteiger partial charge on any atom is 0.312 e. The van der Waals surface area contributed by atoms with Crippen molar-refractivity contribution in [3.63, 3.8) is 0 Å². The first-order chi connectivity index (χ1) is 11.3. The molecule has 0 aromatic carbocycles. The molecule has 1 aliphatic heterocycles. The zero-order valence-electron chi connectivity index (χ0n) is 13.2. The fourth-order valence-electron chi connectivity index (χ4n) is 5.04. The zero-order valence-corrected chi connectivity index (χ0v) is 13.2. The highest BCUT2D eigenvalue weighted by atomic mass is 19.3. The lowest BCUT2D eigenvalue weighted by Crippen LogP contribution is -2.79. The van der Waals surface area contributed by atoms with Gasteiger partial charge in [0.2, 0.25) is 0 Å². The molecular formula is C15H18F4N2O4. The number of nitrogens with one attached hydrogen (secondary N) is 1. The van der Waals surface area contributed by atoms with Crippen LogP contribution >= 0.6 is 0 Å². The highest BCUT2D eigenvalue weighted by Gasteiger charge is 2.71. The van der Waals surface area contributed by atoms with E-state index in [1.54, 1.807) is 0 Å². The third-order valence-electron chi connectivity index (χ3n) is 6.12. The van der Waals surface area contributed by atoms with Gasteiger partial charge in [-0.25, -0.2) is 17.6 Å². The first kappa shape index (κ1) is 17.0. The van der Waals surface area contributed by atoms with Crippen LogP contribution in [0.5, 0.6) is 0 Å². The van der Waals surface area contributed by atoms with Gasteiger partial charge in [-0.2, -0.15) is 0 Å². The van der Waals surface area contributed by atoms with E-state index in [1.807, 2.05) is 0 Å². The quantitative estimate of drug-likeness (QED) is 0.456. The van der Waals surface area contributed by atoms with Crippen LogP contribution in [0.2, 0.25) is 0 Å². The van der Waals surface area contributed by atoms with E-state index >= 15 is 0 Å². The molecule has 5 aliphatic rings. The smallest absolute Gasteiger partial charge is 0.312 e. The number of alkyl halides is 4. The number of carbonyl (C=O) groups excluding carboxylic acids is 2. The fraction of sp³-hybridized carbons (Fsp3) is 0.867. The Hall–Kier alpha value is -1.42. The van der Waals surface area contributed by atoms with E-state index in [9.17, 15) is 37.4 Å². The van der Waals surface area contributed by atoms with Crippen molar-refractivity contribution in [2.45, 2.75) is 73.2 Å². The molecule has 0 radical (unpaired) electrons. The molecule has 3 N–H and O–H groups in total. The van der Waals surface area contributed by atoms with Crippen LogP contribution in [0.15, 0.2) is 0 Å². The average Bonchev–Trinajstić information content (AvgIpc) is 2.85. The largest absolute Gasteiger partial charge is 0.390 e. The molecule has 1 spiro atoms. The van der Waals surface area contributed by atoms with Gasteiger partial charge in [-0.15, -0.1) is 0 Å². The highest BCUT2D eigenvalue weighted by molar-refractivity contribution is 6.35. The second-order valence-electron chi connectivity index (χ2n) is 8.18. The van der Waals surface area contributed by atoms with Gasteiger partial charge in [-0.3, -0.25) is 9.59 Å². The van der Waals surface area contributed by atoms with Crippen LogP contribution in [-0.2, 0) is 9.59 Å². The van der Waals surface area contributed by atoms with Gasteiger partial charge in [0.1, 0.15) is 6.10 Å². The molecule has 10 heteroatoms. The Kier molecular flexibility index (Phi) is 3.03. The average molecular weight is 366 g/mol. The first-order valence-electron chi connectivity index (χ1n) is 8.13. The van der Waals surface area contributed by atoms with E-state index in [0.717, 1.165) is 0 Å². The summed E-state index contributed by atoms with van der Waals surface area (Å²) in [6.45, 7) is -1.27. The minimum absolute atomic E-state index is 0.279. The van der Waals surface area contributed by atoms with E-state index < -0.39 is 72.2 Å². The summed E-state index contributed by atoms with van der Waals surface area (Å²) >= 11 is 0. The maximum absolute atomic E-state index is 14.0. The SMILES string of the molecule is O=C(NC12CC(O)(C1)C2)C(=O)N1CC(F)(F)[C@@H](O)[C@]12CCC(F)(F)C2. The van der Waals surface area contributed by atoms with Gasteiger partial charge in [0.05, 0.1) is 17.7 Å². The van der Waals surface area contributed by atoms with E-state index in [-0.39, 0.29) is 19.3 Å². The maximum atomic E-state index is 14.0. The van der Waals surface area contributed by atoms with Crippen molar-refractivity contribution in [3.8, 4) is 0 Å². The van der Waals surface area contributed by atoms with Gasteiger partial charge < -0.3 is 20.4 Å². The van der Waals surface area contributed by atoms with Crippen molar-refractivity contribution in [2.24, 2.45) is 0 Å². The Morgan fingerprint density at radius 2 is 1.64 bits per heavy atom. The summed E-state index contributed by atoms with van der Waals surface area (Å²) in [6, 6.07) is 0. The molecule has 2 atom stereocenters. The topological polar surface area (TPSA) is 89.9 Å². The normalized spacial score (nSPS) is 45.8. The number of hydrogen-bond donors (Lipinski definition) is 3. The van der Waals surface area contributed by atoms with Crippen LogP contribution in [0.4, 0.5) is 17.6 Å². The van der Waals surface area contributed by atoms with Gasteiger partial charge in [0.15, 0.2) is 0 Å². The molecular weight excluding hydrogens is 348 g/mol. The lowest BCUT2D eigenvalue weighted by molar-refractivity contribution is -0.220. The van der Waals surface area contributed by atoms with Crippen molar-refractivity contribution < 1.29 is 37.4 Å². The number of rotatable bonds is 1. The molecule has 0 aromatic rings. The molecule has 1 heterocycles.